The number of phenolic OH excluding ortho intramolecular Hbond substituents is 4. The van der Waals surface area contributed by atoms with E-state index in [4.69, 9.17) is 53.8 Å². The summed E-state index contributed by atoms with van der Waals surface area (Å²) < 4.78 is 23.5. The van der Waals surface area contributed by atoms with Crippen LogP contribution in [0.3, 0.4) is 0 Å². The molecule has 2 aliphatic heterocycles. The highest BCUT2D eigenvalue weighted by molar-refractivity contribution is 6.33. The normalized spacial score (nSPS) is 15.3. The minimum absolute atomic E-state index is 0.0287. The number of benzene rings is 4. The van der Waals surface area contributed by atoms with E-state index in [1.54, 1.807) is 36.4 Å². The Labute approximate surface area is 274 Å². The molecule has 4 aromatic rings. The molecular weight excluding hydrogens is 643 g/mol. The Kier molecular flexibility index (Phi) is 9.77. The number of hydrogen-bond acceptors (Lipinski definition) is 8. The molecule has 8 nitrogen and oxygen atoms in total. The fourth-order valence-corrected chi connectivity index (χ4v) is 5.58. The van der Waals surface area contributed by atoms with Crippen LogP contribution in [0.1, 0.15) is 22.3 Å². The van der Waals surface area contributed by atoms with Crippen LogP contribution in [0.2, 0.25) is 10.0 Å². The lowest BCUT2D eigenvalue weighted by atomic mass is 10.1. The number of rotatable bonds is 2. The second-order valence-electron chi connectivity index (χ2n) is 10.2. The Morgan fingerprint density at radius 3 is 2.02 bits per heavy atom. The van der Waals surface area contributed by atoms with E-state index in [9.17, 15) is 20.4 Å². The number of phenols is 4. The van der Waals surface area contributed by atoms with Gasteiger partial charge in [-0.15, -0.1) is 0 Å². The molecule has 234 valence electrons. The van der Waals surface area contributed by atoms with Gasteiger partial charge in [-0.2, -0.15) is 0 Å². The molecule has 0 unspecified atom stereocenters. The van der Waals surface area contributed by atoms with Gasteiger partial charge in [-0.05, 0) is 61.2 Å². The minimum atomic E-state index is -0.296. The maximum atomic E-state index is 10.7. The van der Waals surface area contributed by atoms with Crippen molar-refractivity contribution in [2.24, 2.45) is 0 Å². The Hall–Kier alpha value is -4.37. The molecule has 0 saturated carbocycles. The standard InChI is InChI=1S/C34H29Cl3O8/c1-42-30-12-18-11-21(35)7-8-23-25(39)9-10-28(32(23)37)44-33-20(14-22(38)16-27(33)41)6-4-3-5-19-15-29(24(36)17-26(19)40)45-34(30)31(13-18)43-2/h3-4,7,9-10,12-17,38-41H,5-6,8,11H2,1-2H3/b4-3-,21-7+. The first-order valence-corrected chi connectivity index (χ1v) is 14.9. The molecule has 0 saturated heterocycles. The summed E-state index contributed by atoms with van der Waals surface area (Å²) in [6.07, 6.45) is 6.33. The summed E-state index contributed by atoms with van der Waals surface area (Å²) in [5.74, 6) is 1.03. The maximum Gasteiger partial charge on any atom is 0.211 e. The zero-order valence-electron chi connectivity index (χ0n) is 24.2. The van der Waals surface area contributed by atoms with Gasteiger partial charge in [0.15, 0.2) is 23.0 Å². The van der Waals surface area contributed by atoms with Gasteiger partial charge >= 0.3 is 0 Å². The SMILES string of the molecule is COc1cc2cc(OC)c1Oc1cc(c(O)cc1Cl)C/C=C\Cc1cc(O)cc(O)c1Oc1ccc(O)c(c1Cl)C/C=C(/Cl)C2. The zero-order chi connectivity index (χ0) is 32.2. The fraction of sp³-hybridized carbons (Fsp3) is 0.176. The van der Waals surface area contributed by atoms with Crippen molar-refractivity contribution in [2.75, 3.05) is 14.2 Å². The molecule has 0 atom stereocenters. The van der Waals surface area contributed by atoms with E-state index in [1.165, 1.54) is 38.5 Å². The van der Waals surface area contributed by atoms with Crippen molar-refractivity contribution in [1.82, 2.24) is 0 Å². The van der Waals surface area contributed by atoms with Crippen LogP contribution in [-0.4, -0.2) is 34.6 Å². The van der Waals surface area contributed by atoms with Crippen molar-refractivity contribution in [2.45, 2.75) is 25.7 Å². The molecule has 0 aromatic heterocycles. The molecule has 0 spiro atoms. The predicted molar refractivity (Wildman–Crippen MR) is 174 cm³/mol. The van der Waals surface area contributed by atoms with Gasteiger partial charge in [-0.3, -0.25) is 0 Å². The summed E-state index contributed by atoms with van der Waals surface area (Å²) in [6.45, 7) is 0. The van der Waals surface area contributed by atoms with Gasteiger partial charge in [0, 0.05) is 40.3 Å². The first-order valence-electron chi connectivity index (χ1n) is 13.7. The van der Waals surface area contributed by atoms with E-state index in [0.717, 1.165) is 11.6 Å². The van der Waals surface area contributed by atoms with Crippen LogP contribution in [0.25, 0.3) is 0 Å². The van der Waals surface area contributed by atoms with Gasteiger partial charge in [0.1, 0.15) is 28.7 Å². The van der Waals surface area contributed by atoms with Gasteiger partial charge < -0.3 is 39.4 Å². The Morgan fingerprint density at radius 1 is 0.667 bits per heavy atom. The number of allylic oxidation sites excluding steroid dienone is 4. The summed E-state index contributed by atoms with van der Waals surface area (Å²) >= 11 is 19.8. The third-order valence-electron chi connectivity index (χ3n) is 7.13. The Balaban J connectivity index is 1.63. The van der Waals surface area contributed by atoms with Crippen molar-refractivity contribution in [3.05, 3.63) is 104 Å². The van der Waals surface area contributed by atoms with Gasteiger partial charge in [0.25, 0.3) is 0 Å². The number of fused-ring (bicyclic) bond motifs is 6. The molecule has 2 heterocycles. The van der Waals surface area contributed by atoms with E-state index in [-0.39, 0.29) is 68.9 Å². The summed E-state index contributed by atoms with van der Waals surface area (Å²) in [4.78, 5) is 0. The quantitative estimate of drug-likeness (QED) is 0.156. The summed E-state index contributed by atoms with van der Waals surface area (Å²) in [5, 5.41) is 42.8. The van der Waals surface area contributed by atoms with Crippen molar-refractivity contribution < 1.29 is 39.4 Å². The van der Waals surface area contributed by atoms with Crippen LogP contribution >= 0.6 is 34.8 Å². The molecule has 0 aliphatic carbocycles. The maximum absolute atomic E-state index is 10.7. The van der Waals surface area contributed by atoms with E-state index >= 15 is 0 Å². The highest BCUT2D eigenvalue weighted by Gasteiger charge is 2.20. The average Bonchev–Trinajstić information content (AvgIpc) is 2.99. The topological polar surface area (TPSA) is 118 Å². The van der Waals surface area contributed by atoms with E-state index in [1.807, 2.05) is 0 Å². The first kappa shape index (κ1) is 32.0. The second kappa shape index (κ2) is 13.7. The Bertz CT molecular complexity index is 1790. The van der Waals surface area contributed by atoms with E-state index in [2.05, 4.69) is 0 Å². The molecule has 2 aliphatic rings. The minimum Gasteiger partial charge on any atom is -0.508 e. The van der Waals surface area contributed by atoms with Crippen LogP contribution in [0.4, 0.5) is 0 Å². The monoisotopic (exact) mass is 670 g/mol. The van der Waals surface area contributed by atoms with Crippen LogP contribution in [-0.2, 0) is 25.7 Å². The largest absolute Gasteiger partial charge is 0.508 e. The highest BCUT2D eigenvalue weighted by atomic mass is 35.5. The molecule has 0 radical (unpaired) electrons. The van der Waals surface area contributed by atoms with Crippen LogP contribution in [0, 0.1) is 0 Å². The first-order chi connectivity index (χ1) is 21.6. The number of ether oxygens (including phenoxy) is 4. The number of methoxy groups -OCH3 is 2. The van der Waals surface area contributed by atoms with E-state index in [0.29, 0.717) is 46.1 Å². The number of aromatic hydroxyl groups is 4. The molecule has 45 heavy (non-hydrogen) atoms. The van der Waals surface area contributed by atoms with E-state index < -0.39 is 0 Å². The van der Waals surface area contributed by atoms with Crippen LogP contribution in [0.15, 0.2) is 71.8 Å². The molecule has 4 aromatic carbocycles. The van der Waals surface area contributed by atoms with Gasteiger partial charge in [-0.1, -0.05) is 53.0 Å². The molecule has 0 amide bonds. The third kappa shape index (κ3) is 7.14. The molecule has 6 bridgehead atoms. The molecule has 11 heteroatoms. The average molecular weight is 672 g/mol. The predicted octanol–water partition coefficient (Wildman–Crippen LogP) is 8.98. The third-order valence-corrected chi connectivity index (χ3v) is 8.13. The van der Waals surface area contributed by atoms with Gasteiger partial charge in [0.2, 0.25) is 5.75 Å². The number of hydrogen-bond donors (Lipinski definition) is 4. The fourth-order valence-electron chi connectivity index (χ4n) is 4.87. The van der Waals surface area contributed by atoms with Crippen molar-refractivity contribution in [3.8, 4) is 57.5 Å². The molecular formula is C34H29Cl3O8. The second-order valence-corrected chi connectivity index (χ2v) is 11.5. The zero-order valence-corrected chi connectivity index (χ0v) is 26.5. The lowest BCUT2D eigenvalue weighted by Crippen LogP contribution is -1.99. The molecule has 6 rings (SSSR count). The molecule has 0 fully saturated rings. The van der Waals surface area contributed by atoms with Crippen LogP contribution in [0.5, 0.6) is 57.5 Å². The Morgan fingerprint density at radius 2 is 1.33 bits per heavy atom. The molecule has 4 N–H and O–H groups in total. The number of halogens is 3. The smallest absolute Gasteiger partial charge is 0.211 e. The summed E-state index contributed by atoms with van der Waals surface area (Å²) in [6, 6.07) is 12.1. The lowest BCUT2D eigenvalue weighted by Gasteiger charge is -2.18. The summed E-state index contributed by atoms with van der Waals surface area (Å²) in [7, 11) is 3.00. The van der Waals surface area contributed by atoms with Crippen LogP contribution < -0.4 is 18.9 Å². The lowest BCUT2D eigenvalue weighted by molar-refractivity contribution is 0.345. The highest BCUT2D eigenvalue weighted by Crippen LogP contribution is 2.46. The summed E-state index contributed by atoms with van der Waals surface area (Å²) in [5.41, 5.74) is 2.11. The van der Waals surface area contributed by atoms with Crippen molar-refractivity contribution >= 4 is 34.8 Å². The van der Waals surface area contributed by atoms with Gasteiger partial charge in [-0.25, -0.2) is 0 Å². The van der Waals surface area contributed by atoms with Crippen molar-refractivity contribution in [3.63, 3.8) is 0 Å². The van der Waals surface area contributed by atoms with Crippen molar-refractivity contribution in [1.29, 1.82) is 0 Å². The van der Waals surface area contributed by atoms with Gasteiger partial charge in [0.05, 0.1) is 24.3 Å².